The van der Waals surface area contributed by atoms with Gasteiger partial charge in [0.1, 0.15) is 5.56 Å². The lowest BCUT2D eigenvalue weighted by Gasteiger charge is -2.06. The zero-order chi connectivity index (χ0) is 18.8. The third-order valence-electron chi connectivity index (χ3n) is 4.21. The number of anilines is 1. The summed E-state index contributed by atoms with van der Waals surface area (Å²) in [5, 5.41) is 3.81. The number of pyridine rings is 1. The molecule has 0 aliphatic carbocycles. The van der Waals surface area contributed by atoms with E-state index in [4.69, 9.17) is 0 Å². The number of aryl methyl sites for hydroxylation is 1. The van der Waals surface area contributed by atoms with Crippen LogP contribution in [0.25, 0.3) is 10.2 Å². The van der Waals surface area contributed by atoms with Gasteiger partial charge in [-0.3, -0.25) is 9.59 Å². The van der Waals surface area contributed by atoms with Gasteiger partial charge in [-0.1, -0.05) is 24.3 Å². The summed E-state index contributed by atoms with van der Waals surface area (Å²) in [7, 11) is 0. The normalized spacial score (nSPS) is 10.9. The number of para-hydroxylation sites is 1. The topological polar surface area (TPSA) is 74.8 Å². The van der Waals surface area contributed by atoms with E-state index in [-0.39, 0.29) is 11.1 Å². The summed E-state index contributed by atoms with van der Waals surface area (Å²) in [6.45, 7) is 1.77. The molecule has 6 heteroatoms. The molecule has 0 atom stereocenters. The van der Waals surface area contributed by atoms with E-state index in [1.54, 1.807) is 24.3 Å². The molecule has 27 heavy (non-hydrogen) atoms. The number of thiazole rings is 1. The lowest BCUT2D eigenvalue weighted by Crippen LogP contribution is -2.23. The number of hydrogen-bond acceptors (Lipinski definition) is 4. The van der Waals surface area contributed by atoms with Crippen LogP contribution in [-0.2, 0) is 6.42 Å². The number of carbonyl (C=O) groups is 1. The van der Waals surface area contributed by atoms with Crippen molar-refractivity contribution in [1.82, 2.24) is 9.97 Å². The SMILES string of the molecule is Cc1ccc(C(=O)Nc2ccc(Cc3nc4ccccc4s3)cc2)c(=O)[nH]1. The summed E-state index contributed by atoms with van der Waals surface area (Å²) in [6, 6.07) is 18.9. The Labute approximate surface area is 159 Å². The maximum Gasteiger partial charge on any atom is 0.261 e. The highest BCUT2D eigenvalue weighted by Gasteiger charge is 2.11. The van der Waals surface area contributed by atoms with Crippen molar-refractivity contribution in [3.05, 3.63) is 92.8 Å². The number of rotatable bonds is 4. The highest BCUT2D eigenvalue weighted by Crippen LogP contribution is 2.24. The monoisotopic (exact) mass is 375 g/mol. The minimum Gasteiger partial charge on any atom is -0.326 e. The predicted octanol–water partition coefficient (Wildman–Crippen LogP) is 4.14. The number of aromatic nitrogens is 2. The number of carbonyl (C=O) groups excluding carboxylic acids is 1. The molecule has 0 aliphatic rings. The summed E-state index contributed by atoms with van der Waals surface area (Å²) >= 11 is 1.69. The Balaban J connectivity index is 1.47. The summed E-state index contributed by atoms with van der Waals surface area (Å²) in [6.07, 6.45) is 0.741. The molecular weight excluding hydrogens is 358 g/mol. The molecule has 2 N–H and O–H groups in total. The van der Waals surface area contributed by atoms with E-state index in [1.165, 1.54) is 10.8 Å². The van der Waals surface area contributed by atoms with Crippen LogP contribution in [0.4, 0.5) is 5.69 Å². The number of nitrogens with zero attached hydrogens (tertiary/aromatic N) is 1. The second kappa shape index (κ2) is 7.17. The molecule has 134 valence electrons. The first-order valence-corrected chi connectivity index (χ1v) is 9.35. The smallest absolute Gasteiger partial charge is 0.261 e. The average Bonchev–Trinajstić information content (AvgIpc) is 3.05. The van der Waals surface area contributed by atoms with E-state index >= 15 is 0 Å². The average molecular weight is 375 g/mol. The molecule has 1 amide bonds. The van der Waals surface area contributed by atoms with E-state index < -0.39 is 5.91 Å². The summed E-state index contributed by atoms with van der Waals surface area (Å²) in [5.74, 6) is -0.421. The highest BCUT2D eigenvalue weighted by atomic mass is 32.1. The van der Waals surface area contributed by atoms with Crippen molar-refractivity contribution in [1.29, 1.82) is 0 Å². The van der Waals surface area contributed by atoms with Crippen molar-refractivity contribution in [3.63, 3.8) is 0 Å². The fraction of sp³-hybridized carbons (Fsp3) is 0.0952. The number of benzene rings is 2. The second-order valence-electron chi connectivity index (χ2n) is 6.29. The molecule has 0 spiro atoms. The molecule has 0 bridgehead atoms. The summed E-state index contributed by atoms with van der Waals surface area (Å²) < 4.78 is 1.18. The molecule has 0 fully saturated rings. The van der Waals surface area contributed by atoms with Gasteiger partial charge in [-0.05, 0) is 48.9 Å². The summed E-state index contributed by atoms with van der Waals surface area (Å²) in [5.41, 5.74) is 3.20. The van der Waals surface area contributed by atoms with Crippen LogP contribution in [0.1, 0.15) is 26.6 Å². The van der Waals surface area contributed by atoms with Crippen molar-refractivity contribution in [2.24, 2.45) is 0 Å². The van der Waals surface area contributed by atoms with Crippen molar-refractivity contribution in [2.45, 2.75) is 13.3 Å². The van der Waals surface area contributed by atoms with Gasteiger partial charge in [-0.2, -0.15) is 0 Å². The lowest BCUT2D eigenvalue weighted by atomic mass is 10.1. The van der Waals surface area contributed by atoms with Gasteiger partial charge in [-0.15, -0.1) is 11.3 Å². The Bertz CT molecular complexity index is 1140. The predicted molar refractivity (Wildman–Crippen MR) is 109 cm³/mol. The molecular formula is C21H17N3O2S. The van der Waals surface area contributed by atoms with Crippen LogP contribution in [0.15, 0.2) is 65.5 Å². The molecule has 2 aromatic heterocycles. The van der Waals surface area contributed by atoms with E-state index in [0.29, 0.717) is 5.69 Å². The van der Waals surface area contributed by atoms with Crippen molar-refractivity contribution < 1.29 is 4.79 Å². The number of hydrogen-bond donors (Lipinski definition) is 2. The number of fused-ring (bicyclic) bond motifs is 1. The Hall–Kier alpha value is -3.25. The second-order valence-corrected chi connectivity index (χ2v) is 7.40. The fourth-order valence-electron chi connectivity index (χ4n) is 2.83. The molecule has 0 radical (unpaired) electrons. The maximum absolute atomic E-state index is 12.3. The first-order valence-electron chi connectivity index (χ1n) is 8.53. The van der Waals surface area contributed by atoms with Gasteiger partial charge < -0.3 is 10.3 Å². The van der Waals surface area contributed by atoms with Crippen LogP contribution < -0.4 is 10.9 Å². The molecule has 4 aromatic rings. The molecule has 2 heterocycles. The van der Waals surface area contributed by atoms with Gasteiger partial charge in [0.25, 0.3) is 11.5 Å². The minimum atomic E-state index is -0.421. The van der Waals surface area contributed by atoms with Crippen LogP contribution in [0.2, 0.25) is 0 Å². The molecule has 5 nitrogen and oxygen atoms in total. The van der Waals surface area contributed by atoms with E-state index in [1.807, 2.05) is 42.5 Å². The molecule has 4 rings (SSSR count). The zero-order valence-corrected chi connectivity index (χ0v) is 15.5. The van der Waals surface area contributed by atoms with Gasteiger partial charge in [0.15, 0.2) is 0 Å². The van der Waals surface area contributed by atoms with Crippen molar-refractivity contribution in [3.8, 4) is 0 Å². The lowest BCUT2D eigenvalue weighted by molar-refractivity contribution is 0.102. The fourth-order valence-corrected chi connectivity index (χ4v) is 3.83. The third-order valence-corrected chi connectivity index (χ3v) is 5.24. The summed E-state index contributed by atoms with van der Waals surface area (Å²) in [4.78, 5) is 31.4. The van der Waals surface area contributed by atoms with Gasteiger partial charge in [0, 0.05) is 17.8 Å². The minimum absolute atomic E-state index is 0.0964. The van der Waals surface area contributed by atoms with E-state index in [2.05, 4.69) is 21.4 Å². The van der Waals surface area contributed by atoms with Gasteiger partial charge in [0.05, 0.1) is 15.2 Å². The highest BCUT2D eigenvalue weighted by molar-refractivity contribution is 7.18. The standard InChI is InChI=1S/C21H17N3O2S/c1-13-6-11-16(20(25)22-13)21(26)23-15-9-7-14(8-10-15)12-19-24-17-4-2-3-5-18(17)27-19/h2-11H,12H2,1H3,(H,22,25)(H,23,26). The first kappa shape index (κ1) is 17.2. The van der Waals surface area contributed by atoms with Crippen LogP contribution in [0.5, 0.6) is 0 Å². The molecule has 2 aromatic carbocycles. The quantitative estimate of drug-likeness (QED) is 0.563. The largest absolute Gasteiger partial charge is 0.326 e. The van der Waals surface area contributed by atoms with Gasteiger partial charge in [0.2, 0.25) is 0 Å². The van der Waals surface area contributed by atoms with E-state index in [0.717, 1.165) is 28.2 Å². The van der Waals surface area contributed by atoms with Crippen LogP contribution >= 0.6 is 11.3 Å². The number of H-pyrrole nitrogens is 1. The zero-order valence-electron chi connectivity index (χ0n) is 14.7. The van der Waals surface area contributed by atoms with E-state index in [9.17, 15) is 9.59 Å². The Morgan fingerprint density at radius 1 is 1.07 bits per heavy atom. The number of amides is 1. The first-order chi connectivity index (χ1) is 13.1. The molecule has 0 unspecified atom stereocenters. The van der Waals surface area contributed by atoms with Crippen molar-refractivity contribution in [2.75, 3.05) is 5.32 Å². The molecule has 0 saturated heterocycles. The van der Waals surface area contributed by atoms with Crippen LogP contribution in [0, 0.1) is 6.92 Å². The molecule has 0 saturated carbocycles. The van der Waals surface area contributed by atoms with Crippen LogP contribution in [-0.4, -0.2) is 15.9 Å². The Kier molecular flexibility index (Phi) is 4.56. The number of aromatic amines is 1. The van der Waals surface area contributed by atoms with Gasteiger partial charge in [-0.25, -0.2) is 4.98 Å². The van der Waals surface area contributed by atoms with Crippen LogP contribution in [0.3, 0.4) is 0 Å². The van der Waals surface area contributed by atoms with Gasteiger partial charge >= 0.3 is 0 Å². The number of nitrogens with one attached hydrogen (secondary N) is 2. The molecule has 0 aliphatic heterocycles. The maximum atomic E-state index is 12.3. The third kappa shape index (κ3) is 3.80. The Morgan fingerprint density at radius 3 is 2.59 bits per heavy atom. The van der Waals surface area contributed by atoms with Crippen molar-refractivity contribution >= 4 is 33.1 Å². The Morgan fingerprint density at radius 2 is 1.85 bits per heavy atom.